The number of ether oxygens (including phenoxy) is 1. The van der Waals surface area contributed by atoms with Crippen LogP contribution in [-0.2, 0) is 20.5 Å². The first kappa shape index (κ1) is 13.5. The van der Waals surface area contributed by atoms with Crippen LogP contribution >= 0.6 is 0 Å². The summed E-state index contributed by atoms with van der Waals surface area (Å²) in [6.45, 7) is 3.60. The predicted octanol–water partition coefficient (Wildman–Crippen LogP) is 1.57. The van der Waals surface area contributed by atoms with E-state index < -0.39 is 16.1 Å². The average molecular weight is 257 g/mol. The molecule has 0 aliphatic carbocycles. The lowest BCUT2D eigenvalue weighted by molar-refractivity contribution is 0.158. The second-order valence-corrected chi connectivity index (χ2v) is 5.29. The molecular formula is C11H15NO4S. The Balaban J connectivity index is 2.70. The SMILES string of the molecule is CCOC(=O)NS(=O)(=O)Cc1cccc(C)c1. The van der Waals surface area contributed by atoms with Gasteiger partial charge in [-0.3, -0.25) is 0 Å². The molecule has 1 aromatic carbocycles. The maximum absolute atomic E-state index is 11.6. The summed E-state index contributed by atoms with van der Waals surface area (Å²) in [6.07, 6.45) is -0.944. The molecule has 1 rings (SSSR count). The molecule has 0 aliphatic heterocycles. The van der Waals surface area contributed by atoms with E-state index in [0.717, 1.165) is 5.56 Å². The highest BCUT2D eigenvalue weighted by molar-refractivity contribution is 7.89. The predicted molar refractivity (Wildman–Crippen MR) is 64.0 cm³/mol. The number of hydrogen-bond donors (Lipinski definition) is 1. The van der Waals surface area contributed by atoms with E-state index in [0.29, 0.717) is 5.56 Å². The van der Waals surface area contributed by atoms with Crippen molar-refractivity contribution in [3.8, 4) is 0 Å². The third-order valence-electron chi connectivity index (χ3n) is 1.95. The van der Waals surface area contributed by atoms with Gasteiger partial charge >= 0.3 is 6.09 Å². The largest absolute Gasteiger partial charge is 0.449 e. The van der Waals surface area contributed by atoms with Crippen molar-refractivity contribution in [1.82, 2.24) is 4.72 Å². The summed E-state index contributed by atoms with van der Waals surface area (Å²) in [6, 6.07) is 7.08. The van der Waals surface area contributed by atoms with Crippen LogP contribution in [0.4, 0.5) is 4.79 Å². The molecule has 0 fully saturated rings. The van der Waals surface area contributed by atoms with Gasteiger partial charge in [-0.15, -0.1) is 0 Å². The third-order valence-corrected chi connectivity index (χ3v) is 3.14. The molecule has 0 unspecified atom stereocenters. The molecule has 0 heterocycles. The molecule has 0 saturated heterocycles. The molecule has 0 aromatic heterocycles. The lowest BCUT2D eigenvalue weighted by Crippen LogP contribution is -2.32. The molecule has 0 radical (unpaired) electrons. The highest BCUT2D eigenvalue weighted by Gasteiger charge is 2.15. The van der Waals surface area contributed by atoms with Crippen LogP contribution < -0.4 is 4.72 Å². The summed E-state index contributed by atoms with van der Waals surface area (Å²) < 4.78 is 29.5. The first-order valence-corrected chi connectivity index (χ1v) is 6.81. The summed E-state index contributed by atoms with van der Waals surface area (Å²) >= 11 is 0. The average Bonchev–Trinajstić information content (AvgIpc) is 2.15. The minimum absolute atomic E-state index is 0.131. The number of carbonyl (C=O) groups excluding carboxylic acids is 1. The quantitative estimate of drug-likeness (QED) is 0.888. The Morgan fingerprint density at radius 1 is 1.41 bits per heavy atom. The number of sulfonamides is 1. The van der Waals surface area contributed by atoms with Crippen LogP contribution in [-0.4, -0.2) is 21.1 Å². The van der Waals surface area contributed by atoms with Gasteiger partial charge in [0.25, 0.3) is 0 Å². The first-order valence-electron chi connectivity index (χ1n) is 5.16. The maximum Gasteiger partial charge on any atom is 0.420 e. The van der Waals surface area contributed by atoms with E-state index in [-0.39, 0.29) is 12.4 Å². The number of benzene rings is 1. The Hall–Kier alpha value is -1.56. The van der Waals surface area contributed by atoms with E-state index in [1.807, 2.05) is 17.7 Å². The molecule has 0 aliphatic rings. The molecule has 1 amide bonds. The van der Waals surface area contributed by atoms with E-state index in [9.17, 15) is 13.2 Å². The summed E-state index contributed by atoms with van der Waals surface area (Å²) in [5.41, 5.74) is 1.59. The zero-order chi connectivity index (χ0) is 12.9. The minimum Gasteiger partial charge on any atom is -0.449 e. The van der Waals surface area contributed by atoms with Crippen molar-refractivity contribution in [2.24, 2.45) is 0 Å². The van der Waals surface area contributed by atoms with Crippen molar-refractivity contribution in [3.05, 3.63) is 35.4 Å². The normalized spacial score (nSPS) is 10.9. The first-order chi connectivity index (χ1) is 7.93. The monoisotopic (exact) mass is 257 g/mol. The minimum atomic E-state index is -3.70. The molecule has 0 saturated carbocycles. The van der Waals surface area contributed by atoms with E-state index in [2.05, 4.69) is 4.74 Å². The Morgan fingerprint density at radius 3 is 2.71 bits per heavy atom. The van der Waals surface area contributed by atoms with Crippen LogP contribution in [0.25, 0.3) is 0 Å². The second-order valence-electron chi connectivity index (χ2n) is 3.57. The zero-order valence-corrected chi connectivity index (χ0v) is 10.6. The van der Waals surface area contributed by atoms with E-state index in [1.54, 1.807) is 25.1 Å². The van der Waals surface area contributed by atoms with Crippen LogP contribution in [0, 0.1) is 6.92 Å². The van der Waals surface area contributed by atoms with Crippen molar-refractivity contribution in [2.45, 2.75) is 19.6 Å². The smallest absolute Gasteiger partial charge is 0.420 e. The van der Waals surface area contributed by atoms with Crippen molar-refractivity contribution < 1.29 is 17.9 Å². The molecule has 1 aromatic rings. The second kappa shape index (κ2) is 5.67. The van der Waals surface area contributed by atoms with Crippen LogP contribution in [0.5, 0.6) is 0 Å². The zero-order valence-electron chi connectivity index (χ0n) is 9.76. The molecule has 17 heavy (non-hydrogen) atoms. The number of hydrogen-bond acceptors (Lipinski definition) is 4. The van der Waals surface area contributed by atoms with Gasteiger partial charge in [0.1, 0.15) is 0 Å². The summed E-state index contributed by atoms with van der Waals surface area (Å²) in [7, 11) is -3.70. The lowest BCUT2D eigenvalue weighted by atomic mass is 10.2. The Kier molecular flexibility index (Phi) is 4.51. The van der Waals surface area contributed by atoms with Gasteiger partial charge in [0, 0.05) is 0 Å². The highest BCUT2D eigenvalue weighted by atomic mass is 32.2. The molecular weight excluding hydrogens is 242 g/mol. The fraction of sp³-hybridized carbons (Fsp3) is 0.364. The van der Waals surface area contributed by atoms with Crippen LogP contribution in [0.1, 0.15) is 18.1 Å². The van der Waals surface area contributed by atoms with Gasteiger partial charge in [-0.25, -0.2) is 17.9 Å². The van der Waals surface area contributed by atoms with Crippen LogP contribution in [0.2, 0.25) is 0 Å². The van der Waals surface area contributed by atoms with Gasteiger partial charge in [-0.05, 0) is 19.4 Å². The number of rotatable bonds is 4. The van der Waals surface area contributed by atoms with Crippen LogP contribution in [0.3, 0.4) is 0 Å². The maximum atomic E-state index is 11.6. The van der Waals surface area contributed by atoms with Gasteiger partial charge in [0.05, 0.1) is 12.4 Å². The van der Waals surface area contributed by atoms with E-state index in [4.69, 9.17) is 0 Å². The summed E-state index contributed by atoms with van der Waals surface area (Å²) in [4.78, 5) is 11.0. The molecule has 1 N–H and O–H groups in total. The van der Waals surface area contributed by atoms with E-state index >= 15 is 0 Å². The van der Waals surface area contributed by atoms with Crippen molar-refractivity contribution >= 4 is 16.1 Å². The molecule has 0 spiro atoms. The van der Waals surface area contributed by atoms with Gasteiger partial charge < -0.3 is 4.74 Å². The number of nitrogens with one attached hydrogen (secondary N) is 1. The Bertz CT molecular complexity index is 496. The van der Waals surface area contributed by atoms with E-state index in [1.165, 1.54) is 0 Å². The third kappa shape index (κ3) is 4.86. The highest BCUT2D eigenvalue weighted by Crippen LogP contribution is 2.07. The van der Waals surface area contributed by atoms with Crippen molar-refractivity contribution in [1.29, 1.82) is 0 Å². The molecule has 0 atom stereocenters. The Labute approximate surface area is 101 Å². The number of carbonyl (C=O) groups is 1. The summed E-state index contributed by atoms with van der Waals surface area (Å²) in [5, 5.41) is 0. The van der Waals surface area contributed by atoms with Gasteiger partial charge in [-0.2, -0.15) is 0 Å². The standard InChI is InChI=1S/C11H15NO4S/c1-3-16-11(13)12-17(14,15)8-10-6-4-5-9(2)7-10/h4-7H,3,8H2,1-2H3,(H,12,13). The number of aryl methyl sites for hydroxylation is 1. The molecule has 6 heteroatoms. The molecule has 94 valence electrons. The van der Waals surface area contributed by atoms with Gasteiger partial charge in [-0.1, -0.05) is 29.8 Å². The lowest BCUT2D eigenvalue weighted by Gasteiger charge is -2.07. The van der Waals surface area contributed by atoms with Gasteiger partial charge in [0.2, 0.25) is 10.0 Å². The summed E-state index contributed by atoms with van der Waals surface area (Å²) in [5.74, 6) is -0.243. The fourth-order valence-electron chi connectivity index (χ4n) is 1.34. The molecule has 5 nitrogen and oxygen atoms in total. The topological polar surface area (TPSA) is 72.5 Å². The van der Waals surface area contributed by atoms with Gasteiger partial charge in [0.15, 0.2) is 0 Å². The Morgan fingerprint density at radius 2 is 2.12 bits per heavy atom. The number of amides is 1. The molecule has 0 bridgehead atoms. The van der Waals surface area contributed by atoms with Crippen molar-refractivity contribution in [2.75, 3.05) is 6.61 Å². The fourth-order valence-corrected chi connectivity index (χ4v) is 2.35. The van der Waals surface area contributed by atoms with Crippen LogP contribution in [0.15, 0.2) is 24.3 Å². The van der Waals surface area contributed by atoms with Crippen molar-refractivity contribution in [3.63, 3.8) is 0 Å².